The molecule has 0 bridgehead atoms. The fourth-order valence-electron chi connectivity index (χ4n) is 9.94. The monoisotopic (exact) mass is 1020 g/mol. The first kappa shape index (κ1) is 58.6. The van der Waals surface area contributed by atoms with Gasteiger partial charge in [0, 0.05) is 0 Å². The number of hydrogen-bond acceptors (Lipinski definition) is 1. The number of hydrogen-bond donors (Lipinski definition) is 0. The summed E-state index contributed by atoms with van der Waals surface area (Å²) in [6.45, 7) is 14.2. The summed E-state index contributed by atoms with van der Waals surface area (Å²) in [4.78, 5) is 0. The van der Waals surface area contributed by atoms with E-state index in [1.54, 1.807) is 26.6 Å². The first-order chi connectivity index (χ1) is 28.1. The van der Waals surface area contributed by atoms with Gasteiger partial charge in [-0.2, -0.15) is 0 Å². The van der Waals surface area contributed by atoms with Gasteiger partial charge >= 0.3 is 377 Å². The predicted molar refractivity (Wildman–Crippen MR) is 269 cm³/mol. The van der Waals surface area contributed by atoms with E-state index in [0.717, 1.165) is 0 Å². The van der Waals surface area contributed by atoms with E-state index in [4.69, 9.17) is 1.41 Å². The maximum absolute atomic E-state index is 8.72. The summed E-state index contributed by atoms with van der Waals surface area (Å²) in [6, 6.07) is 0. The molecule has 0 atom stereocenters. The minimum atomic E-state index is -2.85. The van der Waals surface area contributed by atoms with E-state index in [2.05, 4.69) is 41.5 Å². The molecular weight excluding hydrogens is 902 g/mol. The fourth-order valence-corrected chi connectivity index (χ4v) is 63.2. The molecule has 0 saturated carbocycles. The molecule has 0 aromatic heterocycles. The Morgan fingerprint density at radius 1 is 0.175 bits per heavy atom. The standard InChI is InChI=1S/6C9H19.O.2Sn/c6*1-3-5-7-9-8-6-4-2;;;/h6*1,3-9H2,2H3;;;. The van der Waals surface area contributed by atoms with E-state index >= 15 is 0 Å². The van der Waals surface area contributed by atoms with Crippen LogP contribution in [0.5, 0.6) is 0 Å². The summed E-state index contributed by atoms with van der Waals surface area (Å²) in [7, 11) is 0. The molecule has 0 aromatic carbocycles. The summed E-state index contributed by atoms with van der Waals surface area (Å²) in [5, 5.41) is 0. The molecule has 0 aromatic rings. The van der Waals surface area contributed by atoms with Gasteiger partial charge in [-0.05, 0) is 0 Å². The van der Waals surface area contributed by atoms with Crippen molar-refractivity contribution in [1.29, 1.82) is 0 Å². The molecule has 0 N–H and O–H groups in total. The molecule has 0 radical (unpaired) electrons. The molecule has 0 aliphatic heterocycles. The van der Waals surface area contributed by atoms with Gasteiger partial charge in [0.05, 0.1) is 0 Å². The zero-order valence-electron chi connectivity index (χ0n) is 41.3. The topological polar surface area (TPSA) is 9.23 Å². The van der Waals surface area contributed by atoms with Crippen LogP contribution in [0.1, 0.15) is 311 Å². The van der Waals surface area contributed by atoms with Crippen molar-refractivity contribution in [2.24, 2.45) is 0 Å². The quantitative estimate of drug-likeness (QED) is 0.0436. The average Bonchev–Trinajstić information content (AvgIpc) is 3.21. The van der Waals surface area contributed by atoms with Crippen molar-refractivity contribution in [2.45, 2.75) is 338 Å². The number of rotatable bonds is 50. The molecule has 0 aliphatic carbocycles. The Kier molecular flexibility index (Phi) is 48.3. The third kappa shape index (κ3) is 38.9. The average molecular weight is 1020 g/mol. The zero-order valence-corrected chi connectivity index (χ0v) is 47.1. The Hall–Kier alpha value is 1.56. The van der Waals surface area contributed by atoms with Crippen molar-refractivity contribution in [2.75, 3.05) is 0 Å². The van der Waals surface area contributed by atoms with Crippen molar-refractivity contribution in [3.8, 4) is 0 Å². The van der Waals surface area contributed by atoms with E-state index in [0.29, 0.717) is 0 Å². The summed E-state index contributed by atoms with van der Waals surface area (Å²) < 4.78 is 18.3. The van der Waals surface area contributed by atoms with Gasteiger partial charge in [-0.3, -0.25) is 0 Å². The van der Waals surface area contributed by atoms with Gasteiger partial charge in [-0.1, -0.05) is 0 Å². The summed E-state index contributed by atoms with van der Waals surface area (Å²) in [5.41, 5.74) is 0. The Morgan fingerprint density at radius 3 is 0.439 bits per heavy atom. The molecule has 0 saturated heterocycles. The molecule has 1 nitrogen and oxygen atoms in total. The van der Waals surface area contributed by atoms with Gasteiger partial charge in [0.2, 0.25) is 0 Å². The van der Waals surface area contributed by atoms with E-state index in [-0.39, 0.29) is 0 Å². The molecule has 0 heterocycles. The molecule has 0 unspecified atom stereocenters. The van der Waals surface area contributed by atoms with Crippen molar-refractivity contribution in [3.63, 3.8) is 0 Å². The second kappa shape index (κ2) is 47.0. The SMILES string of the molecule is CCCCCCCC[CH2][Sn]([CH2]CCCCCCCC)([CH2]CCCCCCCC)[O][Sn]([CH2]CCCCCCCC)([CH2]CCCCCCCC)[CH2]CCCCCCCC. The van der Waals surface area contributed by atoms with Crippen LogP contribution in [0.15, 0.2) is 0 Å². The molecule has 0 rings (SSSR count). The summed E-state index contributed by atoms with van der Waals surface area (Å²) >= 11 is -5.70. The number of unbranched alkanes of at least 4 members (excludes halogenated alkanes) is 36. The second-order valence-electron chi connectivity index (χ2n) is 19.7. The van der Waals surface area contributed by atoms with E-state index in [1.165, 1.54) is 270 Å². The van der Waals surface area contributed by atoms with Crippen molar-refractivity contribution in [3.05, 3.63) is 0 Å². The molecule has 0 amide bonds. The molecule has 3 heteroatoms. The molecule has 57 heavy (non-hydrogen) atoms. The summed E-state index contributed by atoms with van der Waals surface area (Å²) in [5.74, 6) is 0. The Labute approximate surface area is 374 Å². The van der Waals surface area contributed by atoms with E-state index in [9.17, 15) is 0 Å². The second-order valence-corrected chi connectivity index (χ2v) is 46.3. The van der Waals surface area contributed by atoms with E-state index in [1.807, 2.05) is 0 Å². The molecule has 0 aliphatic rings. The first-order valence-electron chi connectivity index (χ1n) is 27.8. The Balaban J connectivity index is 6.44. The third-order valence-electron chi connectivity index (χ3n) is 13.8. The molecule has 0 spiro atoms. The first-order valence-corrected chi connectivity index (χ1v) is 42.2. The van der Waals surface area contributed by atoms with Crippen LogP contribution in [-0.2, 0) is 1.41 Å². The van der Waals surface area contributed by atoms with Gasteiger partial charge < -0.3 is 0 Å². The molecule has 344 valence electrons. The van der Waals surface area contributed by atoms with Crippen LogP contribution in [0.4, 0.5) is 0 Å². The van der Waals surface area contributed by atoms with Crippen LogP contribution in [0.2, 0.25) is 26.6 Å². The molecular formula is C54H114OSn2. The zero-order chi connectivity index (χ0) is 41.6. The normalized spacial score (nSPS) is 12.3. The van der Waals surface area contributed by atoms with Crippen LogP contribution in [-0.4, -0.2) is 37.6 Å². The van der Waals surface area contributed by atoms with Crippen molar-refractivity contribution in [1.82, 2.24) is 0 Å². The van der Waals surface area contributed by atoms with Crippen molar-refractivity contribution < 1.29 is 1.41 Å². The van der Waals surface area contributed by atoms with Crippen LogP contribution in [0.3, 0.4) is 0 Å². The predicted octanol–water partition coefficient (Wildman–Crippen LogP) is 21.4. The maximum atomic E-state index is 8.72. The third-order valence-corrected chi connectivity index (χ3v) is 54.6. The summed E-state index contributed by atoms with van der Waals surface area (Å²) in [6.07, 6.45) is 61.5. The van der Waals surface area contributed by atoms with E-state index < -0.39 is 37.6 Å². The van der Waals surface area contributed by atoms with Gasteiger partial charge in [-0.25, -0.2) is 0 Å². The van der Waals surface area contributed by atoms with Gasteiger partial charge in [0.15, 0.2) is 0 Å². The van der Waals surface area contributed by atoms with Crippen molar-refractivity contribution >= 4 is 37.6 Å². The fraction of sp³-hybridized carbons (Fsp3) is 1.00. The molecule has 0 fully saturated rings. The Bertz CT molecular complexity index is 588. The minimum absolute atomic E-state index is 1.37. The van der Waals surface area contributed by atoms with Gasteiger partial charge in [0.1, 0.15) is 0 Å². The van der Waals surface area contributed by atoms with Gasteiger partial charge in [-0.15, -0.1) is 0 Å². The van der Waals surface area contributed by atoms with Crippen LogP contribution >= 0.6 is 0 Å². The van der Waals surface area contributed by atoms with Gasteiger partial charge in [0.25, 0.3) is 0 Å². The van der Waals surface area contributed by atoms with Crippen LogP contribution in [0, 0.1) is 0 Å². The Morgan fingerprint density at radius 2 is 0.298 bits per heavy atom. The van der Waals surface area contributed by atoms with Crippen LogP contribution in [0.25, 0.3) is 0 Å². The van der Waals surface area contributed by atoms with Crippen LogP contribution < -0.4 is 0 Å².